The number of aromatic nitrogens is 1. The number of carbonyl (C=O) groups excluding carboxylic acids is 1. The van der Waals surface area contributed by atoms with Crippen molar-refractivity contribution >= 4 is 35.7 Å². The number of hydrogen-bond donors (Lipinski definition) is 2. The molecule has 0 radical (unpaired) electrons. The molecule has 0 aliphatic carbocycles. The lowest BCUT2D eigenvalue weighted by molar-refractivity contribution is 0.0958. The lowest BCUT2D eigenvalue weighted by atomic mass is 10.2. The minimum atomic E-state index is -0.283. The number of aromatic hydroxyl groups is 1. The summed E-state index contributed by atoms with van der Waals surface area (Å²) in [7, 11) is 1.82. The Morgan fingerprint density at radius 3 is 2.65 bits per heavy atom. The van der Waals surface area contributed by atoms with Gasteiger partial charge in [0.05, 0.1) is 6.21 Å². The Morgan fingerprint density at radius 2 is 2.10 bits per heavy atom. The number of hydrogen-bond acceptors (Lipinski definition) is 5. The predicted molar refractivity (Wildman–Crippen MR) is 82.0 cm³/mol. The first-order valence-electron chi connectivity index (χ1n) is 5.78. The fourth-order valence-electron chi connectivity index (χ4n) is 1.51. The van der Waals surface area contributed by atoms with Gasteiger partial charge < -0.3 is 9.67 Å². The standard InChI is InChI=1S/C13H13N3O2S2/c1-8-11(20-13(19)16(8)2)12(18)15-14-7-9-3-5-10(17)6-4-9/h3-7,17H,1-2H3,(H,15,18)/b14-7+. The molecule has 0 aliphatic rings. The van der Waals surface area contributed by atoms with Crippen molar-refractivity contribution in [1.82, 2.24) is 9.99 Å². The number of thiazole rings is 1. The SMILES string of the molecule is Cc1c(C(=O)N/N=C/c2ccc(O)cc2)sc(=S)n1C. The van der Waals surface area contributed by atoms with Crippen LogP contribution < -0.4 is 5.43 Å². The summed E-state index contributed by atoms with van der Waals surface area (Å²) in [6, 6.07) is 6.50. The van der Waals surface area contributed by atoms with Crippen LogP contribution in [0.3, 0.4) is 0 Å². The molecule has 2 rings (SSSR count). The molecular formula is C13H13N3O2S2. The summed E-state index contributed by atoms with van der Waals surface area (Å²) >= 11 is 6.38. The van der Waals surface area contributed by atoms with Crippen LogP contribution in [-0.2, 0) is 7.05 Å². The van der Waals surface area contributed by atoms with E-state index < -0.39 is 0 Å². The molecule has 104 valence electrons. The minimum Gasteiger partial charge on any atom is -0.508 e. The Hall–Kier alpha value is -1.99. The molecule has 0 fully saturated rings. The molecule has 0 aliphatic heterocycles. The fourth-order valence-corrected chi connectivity index (χ4v) is 2.76. The Bertz CT molecular complexity index is 714. The van der Waals surface area contributed by atoms with E-state index in [1.807, 2.05) is 14.0 Å². The molecule has 0 saturated carbocycles. The zero-order chi connectivity index (χ0) is 14.7. The van der Waals surface area contributed by atoms with Crippen LogP contribution in [0.15, 0.2) is 29.4 Å². The highest BCUT2D eigenvalue weighted by Crippen LogP contribution is 2.17. The highest BCUT2D eigenvalue weighted by atomic mass is 32.1. The van der Waals surface area contributed by atoms with Gasteiger partial charge in [-0.25, -0.2) is 5.43 Å². The molecule has 1 heterocycles. The third kappa shape index (κ3) is 3.12. The van der Waals surface area contributed by atoms with Gasteiger partial charge in [-0.1, -0.05) is 11.3 Å². The molecule has 0 spiro atoms. The maximum Gasteiger partial charge on any atom is 0.283 e. The number of nitrogens with zero attached hydrogens (tertiary/aromatic N) is 2. The molecule has 0 atom stereocenters. The summed E-state index contributed by atoms with van der Waals surface area (Å²) in [5, 5.41) is 13.0. The summed E-state index contributed by atoms with van der Waals surface area (Å²) in [4.78, 5) is 12.5. The van der Waals surface area contributed by atoms with Gasteiger partial charge in [-0.15, -0.1) is 0 Å². The molecule has 5 nitrogen and oxygen atoms in total. The molecule has 2 N–H and O–H groups in total. The number of phenols is 1. The molecule has 7 heteroatoms. The molecule has 0 bridgehead atoms. The van der Waals surface area contributed by atoms with Gasteiger partial charge in [0.15, 0.2) is 3.95 Å². The molecule has 20 heavy (non-hydrogen) atoms. The van der Waals surface area contributed by atoms with Crippen molar-refractivity contribution < 1.29 is 9.90 Å². The van der Waals surface area contributed by atoms with Crippen LogP contribution in [0, 0.1) is 10.9 Å². The van der Waals surface area contributed by atoms with Crippen LogP contribution >= 0.6 is 23.6 Å². The third-order valence-corrected chi connectivity index (χ3v) is 4.43. The highest BCUT2D eigenvalue weighted by molar-refractivity contribution is 7.73. The van der Waals surface area contributed by atoms with Gasteiger partial charge in [-0.3, -0.25) is 4.79 Å². The van der Waals surface area contributed by atoms with E-state index in [2.05, 4.69) is 10.5 Å². The zero-order valence-corrected chi connectivity index (χ0v) is 12.6. The topological polar surface area (TPSA) is 66.6 Å². The summed E-state index contributed by atoms with van der Waals surface area (Å²) in [5.41, 5.74) is 4.06. The van der Waals surface area contributed by atoms with E-state index >= 15 is 0 Å². The van der Waals surface area contributed by atoms with Gasteiger partial charge >= 0.3 is 0 Å². The molecule has 0 unspecified atom stereocenters. The van der Waals surface area contributed by atoms with Crippen molar-refractivity contribution in [3.05, 3.63) is 44.4 Å². The monoisotopic (exact) mass is 307 g/mol. The molecule has 1 aromatic carbocycles. The van der Waals surface area contributed by atoms with Crippen molar-refractivity contribution in [2.24, 2.45) is 12.1 Å². The first-order chi connectivity index (χ1) is 9.49. The summed E-state index contributed by atoms with van der Waals surface area (Å²) in [6.07, 6.45) is 1.51. The first kappa shape index (κ1) is 14.4. The van der Waals surface area contributed by atoms with E-state index in [4.69, 9.17) is 17.3 Å². The fraction of sp³-hybridized carbons (Fsp3) is 0.154. The van der Waals surface area contributed by atoms with Gasteiger partial charge in [0.25, 0.3) is 5.91 Å². The van der Waals surface area contributed by atoms with Crippen LogP contribution in [0.1, 0.15) is 20.9 Å². The second-order valence-corrected chi connectivity index (χ2v) is 5.78. The number of phenolic OH excluding ortho intramolecular Hbond substituents is 1. The number of carbonyl (C=O) groups is 1. The van der Waals surface area contributed by atoms with Crippen LogP contribution in [0.4, 0.5) is 0 Å². The van der Waals surface area contributed by atoms with E-state index in [1.54, 1.807) is 28.8 Å². The average molecular weight is 307 g/mol. The Kier molecular flexibility index (Phi) is 4.31. The average Bonchev–Trinajstić information content (AvgIpc) is 2.69. The van der Waals surface area contributed by atoms with Crippen LogP contribution in [0.5, 0.6) is 5.75 Å². The lowest BCUT2D eigenvalue weighted by Crippen LogP contribution is -2.17. The third-order valence-electron chi connectivity index (χ3n) is 2.77. The normalized spacial score (nSPS) is 10.9. The minimum absolute atomic E-state index is 0.186. The van der Waals surface area contributed by atoms with Gasteiger partial charge in [-0.05, 0) is 49.0 Å². The quantitative estimate of drug-likeness (QED) is 0.520. The summed E-state index contributed by atoms with van der Waals surface area (Å²) in [5.74, 6) is -0.0971. The van der Waals surface area contributed by atoms with Gasteiger partial charge in [0.1, 0.15) is 10.6 Å². The largest absolute Gasteiger partial charge is 0.508 e. The van der Waals surface area contributed by atoms with E-state index in [1.165, 1.54) is 17.6 Å². The number of rotatable bonds is 3. The van der Waals surface area contributed by atoms with E-state index in [0.717, 1.165) is 11.3 Å². The van der Waals surface area contributed by atoms with Gasteiger partial charge in [0, 0.05) is 12.7 Å². The van der Waals surface area contributed by atoms with Crippen molar-refractivity contribution in [2.75, 3.05) is 0 Å². The summed E-state index contributed by atoms with van der Waals surface area (Å²) in [6.45, 7) is 1.84. The number of nitrogens with one attached hydrogen (secondary N) is 1. The molecule has 2 aromatic rings. The van der Waals surface area contributed by atoms with Crippen molar-refractivity contribution in [3.63, 3.8) is 0 Å². The number of benzene rings is 1. The highest BCUT2D eigenvalue weighted by Gasteiger charge is 2.13. The molecule has 0 saturated heterocycles. The zero-order valence-electron chi connectivity index (χ0n) is 11.0. The first-order valence-corrected chi connectivity index (χ1v) is 7.00. The maximum atomic E-state index is 12.0. The Morgan fingerprint density at radius 1 is 1.45 bits per heavy atom. The smallest absolute Gasteiger partial charge is 0.283 e. The molecule has 1 aromatic heterocycles. The van der Waals surface area contributed by atoms with Crippen molar-refractivity contribution in [1.29, 1.82) is 0 Å². The Balaban J connectivity index is 2.07. The predicted octanol–water partition coefficient (Wildman–Crippen LogP) is 2.59. The number of amides is 1. The van der Waals surface area contributed by atoms with Crippen LogP contribution in [0.2, 0.25) is 0 Å². The summed E-state index contributed by atoms with van der Waals surface area (Å²) < 4.78 is 2.44. The van der Waals surface area contributed by atoms with Crippen LogP contribution in [-0.4, -0.2) is 21.8 Å². The van der Waals surface area contributed by atoms with E-state index in [-0.39, 0.29) is 11.7 Å². The Labute approximate surface area is 125 Å². The van der Waals surface area contributed by atoms with Crippen LogP contribution in [0.25, 0.3) is 0 Å². The van der Waals surface area contributed by atoms with E-state index in [9.17, 15) is 4.79 Å². The molecular weight excluding hydrogens is 294 g/mol. The van der Waals surface area contributed by atoms with Crippen molar-refractivity contribution in [2.45, 2.75) is 6.92 Å². The van der Waals surface area contributed by atoms with Gasteiger partial charge in [-0.2, -0.15) is 5.10 Å². The van der Waals surface area contributed by atoms with E-state index in [0.29, 0.717) is 8.83 Å². The van der Waals surface area contributed by atoms with Gasteiger partial charge in [0.2, 0.25) is 0 Å². The van der Waals surface area contributed by atoms with Crippen molar-refractivity contribution in [3.8, 4) is 5.75 Å². The second kappa shape index (κ2) is 5.98. The maximum absolute atomic E-state index is 12.0. The lowest BCUT2D eigenvalue weighted by Gasteiger charge is -1.99. The number of hydrazone groups is 1. The molecule has 1 amide bonds. The second-order valence-electron chi connectivity index (χ2n) is 4.13.